The van der Waals surface area contributed by atoms with Gasteiger partial charge in [-0.1, -0.05) is 0 Å². The molecule has 0 aliphatic rings. The van der Waals surface area contributed by atoms with E-state index < -0.39 is 0 Å². The molecule has 0 fully saturated rings. The summed E-state index contributed by atoms with van der Waals surface area (Å²) in [4.78, 5) is 3.78. The first-order valence-electron chi connectivity index (χ1n) is 3.02. The number of nitrogens with zero attached hydrogens (tertiary/aromatic N) is 2. The zero-order chi connectivity index (χ0) is 7.11. The van der Waals surface area contributed by atoms with Gasteiger partial charge in [0.05, 0.1) is 6.33 Å². The van der Waals surface area contributed by atoms with Gasteiger partial charge in [-0.2, -0.15) is 0 Å². The molecule has 0 unspecified atom stereocenters. The van der Waals surface area contributed by atoms with E-state index in [9.17, 15) is 0 Å². The van der Waals surface area contributed by atoms with Gasteiger partial charge in [0, 0.05) is 19.4 Å². The van der Waals surface area contributed by atoms with E-state index >= 15 is 0 Å². The van der Waals surface area contributed by atoms with Gasteiger partial charge >= 0.3 is 30.2 Å². The molecular weight excluding hydrogens is 165 g/mol. The van der Waals surface area contributed by atoms with Crippen molar-refractivity contribution in [2.75, 3.05) is 0 Å². The van der Waals surface area contributed by atoms with Crippen LogP contribution in [-0.2, 0) is 25.3 Å². The van der Waals surface area contributed by atoms with Gasteiger partial charge in [-0.3, -0.25) is 0 Å². The largest absolute Gasteiger partial charge is 0.341 e. The number of aryl methyl sites for hydroxylation is 1. The van der Waals surface area contributed by atoms with Crippen LogP contribution in [0, 0.1) is 0 Å². The predicted octanol–water partition coefficient (Wildman–Crippen LogP) is 1.39. The maximum Gasteiger partial charge on any atom is 0.0943 e. The molecule has 0 bridgehead atoms. The molecule has 0 aliphatic heterocycles. The zero-order valence-corrected chi connectivity index (χ0v) is 9.01. The maximum atomic E-state index is 3.78. The summed E-state index contributed by atoms with van der Waals surface area (Å²) >= 11 is 1.44. The fourth-order valence-electron chi connectivity index (χ4n) is 0.326. The molecule has 0 aliphatic carbocycles. The second-order valence-electron chi connectivity index (χ2n) is 1.73. The van der Waals surface area contributed by atoms with Crippen LogP contribution in [0.2, 0.25) is 5.02 Å². The van der Waals surface area contributed by atoms with Gasteiger partial charge < -0.3 is 4.57 Å². The number of rotatable bonds is 0. The Labute approximate surface area is 66.0 Å². The van der Waals surface area contributed by atoms with Crippen LogP contribution < -0.4 is 0 Å². The van der Waals surface area contributed by atoms with Crippen molar-refractivity contribution in [2.45, 2.75) is 11.9 Å². The molecule has 9 heavy (non-hydrogen) atoms. The van der Waals surface area contributed by atoms with Crippen molar-refractivity contribution in [2.24, 2.45) is 7.05 Å². The number of hydrogen-bond acceptors (Lipinski definition) is 1. The second kappa shape index (κ2) is 5.96. The smallest absolute Gasteiger partial charge is 0.0943 e. The van der Waals surface area contributed by atoms with E-state index in [2.05, 4.69) is 11.9 Å². The molecule has 0 atom stereocenters. The predicted molar refractivity (Wildman–Crippen MR) is 33.7 cm³/mol. The molecule has 0 aromatic carbocycles. The van der Waals surface area contributed by atoms with Crippen LogP contribution in [0.5, 0.6) is 0 Å². The Hall–Kier alpha value is -0.167. The van der Waals surface area contributed by atoms with Crippen molar-refractivity contribution >= 4 is 0 Å². The van der Waals surface area contributed by atoms with Crippen LogP contribution in [0.4, 0.5) is 0 Å². The Morgan fingerprint density at radius 3 is 2.33 bits per heavy atom. The van der Waals surface area contributed by atoms with E-state index in [0.29, 0.717) is 0 Å². The normalized spacial score (nSPS) is 8.00. The molecule has 3 heteroatoms. The van der Waals surface area contributed by atoms with Gasteiger partial charge in [0.15, 0.2) is 0 Å². The topological polar surface area (TPSA) is 17.8 Å². The Bertz CT molecular complexity index is 126. The SMILES string of the molecule is C[CH2][Zn].Cn1ccnc1. The van der Waals surface area contributed by atoms with E-state index in [-0.39, 0.29) is 0 Å². The molecule has 1 heterocycles. The van der Waals surface area contributed by atoms with E-state index in [4.69, 9.17) is 0 Å². The van der Waals surface area contributed by atoms with E-state index in [1.807, 2.05) is 17.8 Å². The summed E-state index contributed by atoms with van der Waals surface area (Å²) in [6.07, 6.45) is 5.39. The zero-order valence-electron chi connectivity index (χ0n) is 6.04. The summed E-state index contributed by atoms with van der Waals surface area (Å²) in [6.45, 7) is 2.18. The second-order valence-corrected chi connectivity index (χ2v) is 3.83. The summed E-state index contributed by atoms with van der Waals surface area (Å²) in [5, 5.41) is 1.38. The van der Waals surface area contributed by atoms with Crippen LogP contribution in [0.1, 0.15) is 6.92 Å². The fourth-order valence-corrected chi connectivity index (χ4v) is 0.326. The molecule has 0 N–H and O–H groups in total. The molecule has 0 radical (unpaired) electrons. The van der Waals surface area contributed by atoms with Crippen LogP contribution in [-0.4, -0.2) is 9.55 Å². The van der Waals surface area contributed by atoms with Crippen molar-refractivity contribution in [3.05, 3.63) is 18.7 Å². The number of aromatic nitrogens is 2. The van der Waals surface area contributed by atoms with Gasteiger partial charge in [-0.05, 0) is 0 Å². The summed E-state index contributed by atoms with van der Waals surface area (Å²) < 4.78 is 1.89. The summed E-state index contributed by atoms with van der Waals surface area (Å²) in [5.74, 6) is 0. The molecule has 0 saturated carbocycles. The number of imidazole rings is 1. The standard InChI is InChI=1S/C4H6N2.C2H5.Zn/c1-6-3-2-5-4-6;1-2;/h2-4H,1H3;1H2,2H3;. The van der Waals surface area contributed by atoms with Crippen molar-refractivity contribution in [1.29, 1.82) is 0 Å². The molecular formula is C6H11N2Zn. The van der Waals surface area contributed by atoms with Crippen LogP contribution in [0.3, 0.4) is 0 Å². The monoisotopic (exact) mass is 175 g/mol. The molecule has 2 nitrogen and oxygen atoms in total. The molecule has 1 aromatic rings. The average molecular weight is 177 g/mol. The molecule has 1 aromatic heterocycles. The summed E-state index contributed by atoms with van der Waals surface area (Å²) in [7, 11) is 1.94. The van der Waals surface area contributed by atoms with E-state index in [1.165, 1.54) is 23.3 Å². The van der Waals surface area contributed by atoms with Crippen molar-refractivity contribution in [3.63, 3.8) is 0 Å². The molecule has 1 rings (SSSR count). The first kappa shape index (κ1) is 8.83. The van der Waals surface area contributed by atoms with Gasteiger partial charge in [0.1, 0.15) is 0 Å². The van der Waals surface area contributed by atoms with E-state index in [1.54, 1.807) is 12.5 Å². The van der Waals surface area contributed by atoms with Crippen molar-refractivity contribution < 1.29 is 18.3 Å². The van der Waals surface area contributed by atoms with Gasteiger partial charge in [-0.15, -0.1) is 0 Å². The third-order valence-corrected chi connectivity index (χ3v) is 0.637. The Kier molecular flexibility index (Phi) is 5.85. The summed E-state index contributed by atoms with van der Waals surface area (Å²) in [5.41, 5.74) is 0. The number of hydrogen-bond donors (Lipinski definition) is 0. The fraction of sp³-hybridized carbons (Fsp3) is 0.500. The molecule has 0 saturated heterocycles. The molecule has 0 amide bonds. The first-order valence-corrected chi connectivity index (χ1v) is 5.12. The third-order valence-electron chi connectivity index (χ3n) is 0.637. The molecule has 47 valence electrons. The maximum absolute atomic E-state index is 3.78. The Morgan fingerprint density at radius 2 is 2.22 bits per heavy atom. The molecule has 0 spiro atoms. The van der Waals surface area contributed by atoms with Crippen LogP contribution in [0.25, 0.3) is 0 Å². The minimum absolute atomic E-state index is 1.38. The minimum atomic E-state index is 1.38. The Balaban J connectivity index is 0.000000187. The minimum Gasteiger partial charge on any atom is -0.341 e. The summed E-state index contributed by atoms with van der Waals surface area (Å²) in [6, 6.07) is 0. The Morgan fingerprint density at radius 1 is 1.67 bits per heavy atom. The average Bonchev–Trinajstić information content (AvgIpc) is 2.20. The third kappa shape index (κ3) is 5.71. The van der Waals surface area contributed by atoms with Gasteiger partial charge in [0.2, 0.25) is 0 Å². The first-order chi connectivity index (χ1) is 4.31. The van der Waals surface area contributed by atoms with Gasteiger partial charge in [0.25, 0.3) is 0 Å². The van der Waals surface area contributed by atoms with Crippen LogP contribution in [0.15, 0.2) is 18.7 Å². The van der Waals surface area contributed by atoms with Gasteiger partial charge in [-0.25, -0.2) is 4.98 Å². The van der Waals surface area contributed by atoms with Crippen molar-refractivity contribution in [3.8, 4) is 0 Å². The quantitative estimate of drug-likeness (QED) is 0.547. The van der Waals surface area contributed by atoms with Crippen LogP contribution >= 0.6 is 0 Å². The van der Waals surface area contributed by atoms with E-state index in [0.717, 1.165) is 0 Å². The van der Waals surface area contributed by atoms with Crippen molar-refractivity contribution in [1.82, 2.24) is 9.55 Å².